The number of benzene rings is 1. The number of fused-ring (bicyclic) bond motifs is 1. The minimum absolute atomic E-state index is 0.127. The largest absolute Gasteiger partial charge is 0.486 e. The maximum absolute atomic E-state index is 12.7. The van der Waals surface area contributed by atoms with Gasteiger partial charge < -0.3 is 24.8 Å². The first kappa shape index (κ1) is 16.8. The molecule has 132 valence electrons. The zero-order valence-corrected chi connectivity index (χ0v) is 13.9. The Bertz CT molecular complexity index is 770. The standard InChI is InChI=1S/C17H18N2O6/c1-9-15(17(22)23-2)11(8-14(20)18-9)16(21)19-10-3-4-12-13(7-10)25-6-5-24-12/h3-4,7,11H,5-6,8H2,1-2H3,(H,18,20)(H,19,21). The van der Waals surface area contributed by atoms with Gasteiger partial charge in [-0.05, 0) is 19.1 Å². The lowest BCUT2D eigenvalue weighted by Gasteiger charge is -2.25. The number of allylic oxidation sites excluding steroid dienone is 1. The van der Waals surface area contributed by atoms with E-state index in [-0.39, 0.29) is 17.9 Å². The summed E-state index contributed by atoms with van der Waals surface area (Å²) in [6, 6.07) is 5.01. The lowest BCUT2D eigenvalue weighted by atomic mass is 9.89. The van der Waals surface area contributed by atoms with Crippen molar-refractivity contribution in [3.05, 3.63) is 29.5 Å². The van der Waals surface area contributed by atoms with Gasteiger partial charge in [0.1, 0.15) is 13.2 Å². The molecule has 0 radical (unpaired) electrons. The third-order valence-corrected chi connectivity index (χ3v) is 4.00. The first-order valence-corrected chi connectivity index (χ1v) is 7.79. The van der Waals surface area contributed by atoms with Gasteiger partial charge >= 0.3 is 5.97 Å². The van der Waals surface area contributed by atoms with Gasteiger partial charge in [0.15, 0.2) is 11.5 Å². The fourth-order valence-corrected chi connectivity index (χ4v) is 2.86. The van der Waals surface area contributed by atoms with Crippen LogP contribution in [0.15, 0.2) is 29.5 Å². The SMILES string of the molecule is COC(=O)C1=C(C)NC(=O)CC1C(=O)Nc1ccc2c(c1)OCCO2. The van der Waals surface area contributed by atoms with Crippen LogP contribution in [0.1, 0.15) is 13.3 Å². The lowest BCUT2D eigenvalue weighted by molar-refractivity contribution is -0.139. The summed E-state index contributed by atoms with van der Waals surface area (Å²) in [7, 11) is 1.23. The van der Waals surface area contributed by atoms with Gasteiger partial charge in [-0.25, -0.2) is 4.79 Å². The Balaban J connectivity index is 1.83. The Morgan fingerprint density at radius 2 is 1.96 bits per heavy atom. The average molecular weight is 346 g/mol. The Morgan fingerprint density at radius 3 is 2.68 bits per heavy atom. The summed E-state index contributed by atoms with van der Waals surface area (Å²) in [5.41, 5.74) is 0.963. The van der Waals surface area contributed by atoms with Gasteiger partial charge in [0.2, 0.25) is 11.8 Å². The number of methoxy groups -OCH3 is 1. The number of carbonyl (C=O) groups excluding carboxylic acids is 3. The van der Waals surface area contributed by atoms with E-state index in [1.54, 1.807) is 25.1 Å². The minimum atomic E-state index is -0.922. The summed E-state index contributed by atoms with van der Waals surface area (Å²) in [6.45, 7) is 2.47. The smallest absolute Gasteiger partial charge is 0.336 e. The molecule has 8 nitrogen and oxygen atoms in total. The fourth-order valence-electron chi connectivity index (χ4n) is 2.86. The van der Waals surface area contributed by atoms with E-state index in [9.17, 15) is 14.4 Å². The van der Waals surface area contributed by atoms with Gasteiger partial charge in [-0.1, -0.05) is 0 Å². The summed E-state index contributed by atoms with van der Waals surface area (Å²) in [6.07, 6.45) is -0.127. The van der Waals surface area contributed by atoms with E-state index >= 15 is 0 Å². The van der Waals surface area contributed by atoms with Crippen LogP contribution in [0.2, 0.25) is 0 Å². The number of carbonyl (C=O) groups is 3. The van der Waals surface area contributed by atoms with Gasteiger partial charge in [0, 0.05) is 23.9 Å². The number of ether oxygens (including phenoxy) is 3. The van der Waals surface area contributed by atoms with Crippen LogP contribution in [-0.4, -0.2) is 38.1 Å². The van der Waals surface area contributed by atoms with Crippen LogP contribution in [0.5, 0.6) is 11.5 Å². The topological polar surface area (TPSA) is 103 Å². The first-order chi connectivity index (χ1) is 12.0. The van der Waals surface area contributed by atoms with Crippen molar-refractivity contribution in [3.63, 3.8) is 0 Å². The van der Waals surface area contributed by atoms with Crippen molar-refractivity contribution in [2.24, 2.45) is 5.92 Å². The predicted molar refractivity (Wildman–Crippen MR) is 87.0 cm³/mol. The van der Waals surface area contributed by atoms with E-state index in [0.717, 1.165) is 0 Å². The van der Waals surface area contributed by atoms with Gasteiger partial charge in [-0.3, -0.25) is 9.59 Å². The molecule has 8 heteroatoms. The zero-order valence-electron chi connectivity index (χ0n) is 13.9. The molecule has 2 amide bonds. The first-order valence-electron chi connectivity index (χ1n) is 7.79. The molecule has 0 saturated carbocycles. The van der Waals surface area contributed by atoms with Crippen molar-refractivity contribution >= 4 is 23.5 Å². The molecule has 0 aromatic heterocycles. The molecule has 0 bridgehead atoms. The quantitative estimate of drug-likeness (QED) is 0.791. The van der Waals surface area contributed by atoms with E-state index in [0.29, 0.717) is 36.1 Å². The molecule has 1 aromatic rings. The fraction of sp³-hybridized carbons (Fsp3) is 0.353. The normalized spacial score (nSPS) is 19.1. The number of nitrogens with one attached hydrogen (secondary N) is 2. The van der Waals surface area contributed by atoms with Gasteiger partial charge in [0.25, 0.3) is 0 Å². The van der Waals surface area contributed by atoms with Crippen LogP contribution in [0.3, 0.4) is 0 Å². The third kappa shape index (κ3) is 3.42. The molecule has 25 heavy (non-hydrogen) atoms. The number of amides is 2. The highest BCUT2D eigenvalue weighted by Gasteiger charge is 2.36. The van der Waals surface area contributed by atoms with Gasteiger partial charge in [-0.2, -0.15) is 0 Å². The molecule has 1 aromatic carbocycles. The minimum Gasteiger partial charge on any atom is -0.486 e. The van der Waals surface area contributed by atoms with Gasteiger partial charge in [0.05, 0.1) is 18.6 Å². The Labute approximate surface area is 144 Å². The van der Waals surface area contributed by atoms with Crippen LogP contribution in [0, 0.1) is 5.92 Å². The monoisotopic (exact) mass is 346 g/mol. The maximum atomic E-state index is 12.7. The molecule has 0 spiro atoms. The zero-order chi connectivity index (χ0) is 18.0. The molecule has 0 aliphatic carbocycles. The number of anilines is 1. The lowest BCUT2D eigenvalue weighted by Crippen LogP contribution is -2.40. The summed E-state index contributed by atoms with van der Waals surface area (Å²) in [5.74, 6) is -1.22. The molecular weight excluding hydrogens is 328 g/mol. The third-order valence-electron chi connectivity index (χ3n) is 4.00. The number of hydrogen-bond donors (Lipinski definition) is 2. The van der Waals surface area contributed by atoms with Crippen LogP contribution < -0.4 is 20.1 Å². The molecule has 1 unspecified atom stereocenters. The Morgan fingerprint density at radius 1 is 1.24 bits per heavy atom. The number of esters is 1. The van der Waals surface area contributed by atoms with Crippen molar-refractivity contribution in [2.45, 2.75) is 13.3 Å². The Kier molecular flexibility index (Phi) is 4.60. The summed E-state index contributed by atoms with van der Waals surface area (Å²) in [5, 5.41) is 5.27. The molecule has 2 aliphatic heterocycles. The van der Waals surface area contributed by atoms with E-state index in [4.69, 9.17) is 14.2 Å². The molecule has 3 rings (SSSR count). The molecule has 0 fully saturated rings. The van der Waals surface area contributed by atoms with E-state index < -0.39 is 17.8 Å². The highest BCUT2D eigenvalue weighted by molar-refractivity contribution is 6.06. The van der Waals surface area contributed by atoms with Crippen molar-refractivity contribution in [1.82, 2.24) is 5.32 Å². The highest BCUT2D eigenvalue weighted by Crippen LogP contribution is 2.33. The second-order valence-electron chi connectivity index (χ2n) is 5.68. The van der Waals surface area contributed by atoms with Crippen LogP contribution >= 0.6 is 0 Å². The van der Waals surface area contributed by atoms with Gasteiger partial charge in [-0.15, -0.1) is 0 Å². The molecule has 0 saturated heterocycles. The van der Waals surface area contributed by atoms with E-state index in [2.05, 4.69) is 10.6 Å². The molecule has 2 heterocycles. The second-order valence-corrected chi connectivity index (χ2v) is 5.68. The summed E-state index contributed by atoms with van der Waals surface area (Å²) >= 11 is 0. The number of hydrogen-bond acceptors (Lipinski definition) is 6. The second kappa shape index (κ2) is 6.84. The average Bonchev–Trinajstić information content (AvgIpc) is 2.60. The van der Waals surface area contributed by atoms with E-state index in [1.807, 2.05) is 0 Å². The summed E-state index contributed by atoms with van der Waals surface area (Å²) in [4.78, 5) is 36.4. The van der Waals surface area contributed by atoms with Crippen molar-refractivity contribution in [3.8, 4) is 11.5 Å². The van der Waals surface area contributed by atoms with Crippen molar-refractivity contribution in [1.29, 1.82) is 0 Å². The molecule has 2 aliphatic rings. The summed E-state index contributed by atoms with van der Waals surface area (Å²) < 4.78 is 15.6. The van der Waals surface area contributed by atoms with Crippen LogP contribution in [-0.2, 0) is 19.1 Å². The maximum Gasteiger partial charge on any atom is 0.336 e. The van der Waals surface area contributed by atoms with E-state index in [1.165, 1.54) is 7.11 Å². The molecule has 2 N–H and O–H groups in total. The van der Waals surface area contributed by atoms with Crippen molar-refractivity contribution < 1.29 is 28.6 Å². The number of rotatable bonds is 3. The molecular formula is C17H18N2O6. The van der Waals surface area contributed by atoms with Crippen LogP contribution in [0.4, 0.5) is 5.69 Å². The molecule has 1 atom stereocenters. The Hall–Kier alpha value is -3.03. The van der Waals surface area contributed by atoms with Crippen LogP contribution in [0.25, 0.3) is 0 Å². The highest BCUT2D eigenvalue weighted by atomic mass is 16.6. The predicted octanol–water partition coefficient (Wildman–Crippen LogP) is 0.979. The van der Waals surface area contributed by atoms with Crippen molar-refractivity contribution in [2.75, 3.05) is 25.6 Å².